The first-order chi connectivity index (χ1) is 19.0. The number of rotatable bonds is 6. The average molecular weight is 578 g/mol. The van der Waals surface area contributed by atoms with E-state index in [9.17, 15) is 32.7 Å². The van der Waals surface area contributed by atoms with Crippen LogP contribution in [0.5, 0.6) is 5.75 Å². The van der Waals surface area contributed by atoms with Gasteiger partial charge in [0.1, 0.15) is 23.6 Å². The van der Waals surface area contributed by atoms with Crippen LogP contribution in [0.1, 0.15) is 56.9 Å². The summed E-state index contributed by atoms with van der Waals surface area (Å²) in [6.07, 6.45) is -5.90. The normalized spacial score (nSPS) is 27.1. The van der Waals surface area contributed by atoms with Gasteiger partial charge in [-0.05, 0) is 26.0 Å². The molecule has 0 bridgehead atoms. The van der Waals surface area contributed by atoms with Gasteiger partial charge in [0.05, 0.1) is 6.54 Å². The number of piperidine rings is 1. The molecule has 0 aromatic heterocycles. The number of carbonyl (C=O) groups excluding carboxylic acids is 2. The quantitative estimate of drug-likeness (QED) is 0.372. The molecule has 11 heteroatoms. The molecular weight excluding hydrogens is 541 g/mol. The van der Waals surface area contributed by atoms with E-state index in [1.807, 2.05) is 27.7 Å². The van der Waals surface area contributed by atoms with Gasteiger partial charge in [0.25, 0.3) is 0 Å². The number of amides is 1. The lowest BCUT2D eigenvalue weighted by Crippen LogP contribution is -2.75. The van der Waals surface area contributed by atoms with Crippen LogP contribution in [0, 0.1) is 17.8 Å². The number of hydrogen-bond donors (Lipinski definition) is 2. The molecule has 0 spiro atoms. The van der Waals surface area contributed by atoms with Crippen LogP contribution >= 0.6 is 0 Å². The third kappa shape index (κ3) is 5.62. The number of ketones is 1. The first kappa shape index (κ1) is 30.7. The molecule has 2 N–H and O–H groups in total. The maximum atomic E-state index is 14.5. The highest BCUT2D eigenvalue weighted by molar-refractivity contribution is 6.05. The number of quaternary nitrogens is 1. The largest absolute Gasteiger partial charge is 0.573 e. The van der Waals surface area contributed by atoms with Crippen LogP contribution < -0.4 is 14.5 Å². The van der Waals surface area contributed by atoms with Gasteiger partial charge >= 0.3 is 18.2 Å². The molecule has 2 unspecified atom stereocenters. The van der Waals surface area contributed by atoms with E-state index >= 15 is 0 Å². The predicted molar refractivity (Wildman–Crippen MR) is 145 cm³/mol. The van der Waals surface area contributed by atoms with E-state index in [1.165, 1.54) is 25.1 Å². The third-order valence-electron chi connectivity index (χ3n) is 7.97. The van der Waals surface area contributed by atoms with Gasteiger partial charge < -0.3 is 19.9 Å². The first-order valence-electron chi connectivity index (χ1n) is 13.5. The Balaban J connectivity index is 2.07. The zero-order valence-corrected chi connectivity index (χ0v) is 23.8. The summed E-state index contributed by atoms with van der Waals surface area (Å²) >= 11 is 0. The summed E-state index contributed by atoms with van der Waals surface area (Å²) in [5, 5.41) is 13.6. The van der Waals surface area contributed by atoms with Crippen molar-refractivity contribution in [1.29, 1.82) is 0 Å². The van der Waals surface area contributed by atoms with Crippen molar-refractivity contribution in [3.8, 4) is 5.75 Å². The molecule has 0 aliphatic carbocycles. The second-order valence-corrected chi connectivity index (χ2v) is 12.1. The number of fused-ring (bicyclic) bond motifs is 1. The second-order valence-electron chi connectivity index (χ2n) is 12.1. The minimum absolute atomic E-state index is 0.0709. The maximum Gasteiger partial charge on any atom is 0.573 e. The number of para-hydroxylation sites is 1. The van der Waals surface area contributed by atoms with E-state index in [4.69, 9.17) is 4.74 Å². The van der Waals surface area contributed by atoms with Gasteiger partial charge in [-0.15, -0.1) is 13.2 Å². The molecule has 8 nitrogen and oxygen atoms in total. The Hall–Kier alpha value is -3.28. The third-order valence-corrected chi connectivity index (χ3v) is 7.97. The SMILES string of the molecule is CC(=O)[C@@]1(C(=O)O)CNCC[C@H]1[N+]1(CC(C)(C)C)C(=O)COC(c2ccccc2OC(F)(F)F)c2cc(C)ccc21. The fourth-order valence-electron chi connectivity index (χ4n) is 6.50. The minimum atomic E-state index is -4.96. The molecule has 222 valence electrons. The number of carbonyl (C=O) groups is 3. The Labute approximate surface area is 237 Å². The number of aryl methyl sites for hydroxylation is 1. The standard InChI is InChI=1S/C30H35F3N2O6/c1-18-10-11-22-21(14-18)26(20-8-6-7-9-23(20)41-30(31,32)33)40-15-25(37)35(22,17-28(3,4)5)24-12-13-34-16-29(24,19(2)36)27(38)39/h6-11,14,24,26,34H,12-13,15-17H2,1-5H3/p+1/t24-,26?,29+,35?/m1/s1. The lowest BCUT2D eigenvalue weighted by Gasteiger charge is -2.51. The van der Waals surface area contributed by atoms with Crippen LogP contribution in [0.3, 0.4) is 0 Å². The molecule has 2 aliphatic heterocycles. The van der Waals surface area contributed by atoms with E-state index < -0.39 is 63.8 Å². The molecule has 0 radical (unpaired) electrons. The molecule has 1 amide bonds. The number of benzene rings is 2. The van der Waals surface area contributed by atoms with Gasteiger partial charge in [0.15, 0.2) is 17.8 Å². The fourth-order valence-corrected chi connectivity index (χ4v) is 6.50. The number of nitrogens with one attached hydrogen (secondary N) is 1. The number of carboxylic acid groups (broad SMARTS) is 1. The van der Waals surface area contributed by atoms with E-state index in [-0.39, 0.29) is 25.1 Å². The molecule has 4 atom stereocenters. The number of Topliss-reactive ketones (excluding diaryl/α,β-unsaturated/α-hetero) is 1. The average Bonchev–Trinajstić information content (AvgIpc) is 2.97. The molecule has 2 aromatic carbocycles. The van der Waals surface area contributed by atoms with Crippen molar-refractivity contribution < 1.29 is 42.1 Å². The van der Waals surface area contributed by atoms with Crippen molar-refractivity contribution >= 4 is 23.3 Å². The molecule has 1 saturated heterocycles. The highest BCUT2D eigenvalue weighted by atomic mass is 19.4. The lowest BCUT2D eigenvalue weighted by atomic mass is 9.70. The zero-order chi connectivity index (χ0) is 30.4. The van der Waals surface area contributed by atoms with Gasteiger partial charge in [0, 0.05) is 42.1 Å². The van der Waals surface area contributed by atoms with Crippen molar-refractivity contribution in [2.24, 2.45) is 10.8 Å². The highest BCUT2D eigenvalue weighted by Gasteiger charge is 2.65. The number of alkyl halides is 3. The van der Waals surface area contributed by atoms with E-state index in [0.717, 1.165) is 5.56 Å². The zero-order valence-electron chi connectivity index (χ0n) is 23.8. The number of halogens is 3. The summed E-state index contributed by atoms with van der Waals surface area (Å²) < 4.78 is 50.1. The number of ether oxygens (including phenoxy) is 2. The van der Waals surface area contributed by atoms with Gasteiger partial charge in [-0.2, -0.15) is 0 Å². The summed E-state index contributed by atoms with van der Waals surface area (Å²) in [7, 11) is 0. The van der Waals surface area contributed by atoms with Crippen molar-refractivity contribution in [2.45, 2.75) is 59.5 Å². The van der Waals surface area contributed by atoms with Crippen molar-refractivity contribution in [1.82, 2.24) is 9.80 Å². The molecule has 4 rings (SSSR count). The Morgan fingerprint density at radius 1 is 1.15 bits per heavy atom. The lowest BCUT2D eigenvalue weighted by molar-refractivity contribution is -0.275. The Bertz CT molecular complexity index is 1340. The summed E-state index contributed by atoms with van der Waals surface area (Å²) in [4.78, 5) is 40.7. The molecular formula is C30H36F3N2O6+. The van der Waals surface area contributed by atoms with Crippen LogP contribution in [0.25, 0.3) is 0 Å². The van der Waals surface area contributed by atoms with Gasteiger partial charge in [-0.25, -0.2) is 9.28 Å². The molecule has 2 aromatic rings. The van der Waals surface area contributed by atoms with Crippen LogP contribution in [-0.4, -0.2) is 61.4 Å². The van der Waals surface area contributed by atoms with Gasteiger partial charge in [0.2, 0.25) is 0 Å². The monoisotopic (exact) mass is 577 g/mol. The van der Waals surface area contributed by atoms with E-state index in [0.29, 0.717) is 17.8 Å². The van der Waals surface area contributed by atoms with Crippen LogP contribution in [0.4, 0.5) is 18.9 Å². The molecule has 1 fully saturated rings. The minimum Gasteiger partial charge on any atom is -0.480 e. The van der Waals surface area contributed by atoms with Crippen LogP contribution in [0.15, 0.2) is 42.5 Å². The molecule has 2 heterocycles. The summed E-state index contributed by atoms with van der Waals surface area (Å²) in [5.41, 5.74) is -0.824. The van der Waals surface area contributed by atoms with Crippen molar-refractivity contribution in [3.63, 3.8) is 0 Å². The highest BCUT2D eigenvalue weighted by Crippen LogP contribution is 2.49. The van der Waals surface area contributed by atoms with Crippen molar-refractivity contribution in [2.75, 3.05) is 26.2 Å². The van der Waals surface area contributed by atoms with Crippen LogP contribution in [0.2, 0.25) is 0 Å². The number of carboxylic acids is 1. The second kappa shape index (κ2) is 10.8. The summed E-state index contributed by atoms with van der Waals surface area (Å²) in [6, 6.07) is 9.84. The van der Waals surface area contributed by atoms with E-state index in [2.05, 4.69) is 10.1 Å². The van der Waals surface area contributed by atoms with Crippen molar-refractivity contribution in [3.05, 3.63) is 59.2 Å². The molecule has 0 saturated carbocycles. The summed E-state index contributed by atoms with van der Waals surface area (Å²) in [5.74, 6) is -2.85. The fraction of sp³-hybridized carbons (Fsp3) is 0.500. The van der Waals surface area contributed by atoms with Crippen LogP contribution in [-0.2, 0) is 19.1 Å². The van der Waals surface area contributed by atoms with Gasteiger partial charge in [-0.1, -0.05) is 50.6 Å². The number of hydrogen-bond acceptors (Lipinski definition) is 6. The maximum absolute atomic E-state index is 14.5. The smallest absolute Gasteiger partial charge is 0.480 e. The number of aliphatic carboxylic acids is 1. The summed E-state index contributed by atoms with van der Waals surface area (Å²) in [6.45, 7) is 8.61. The Kier molecular flexibility index (Phi) is 8.12. The Morgan fingerprint density at radius 2 is 1.83 bits per heavy atom. The topological polar surface area (TPSA) is 102 Å². The van der Waals surface area contributed by atoms with Gasteiger partial charge in [-0.3, -0.25) is 9.59 Å². The first-order valence-corrected chi connectivity index (χ1v) is 13.5. The molecule has 41 heavy (non-hydrogen) atoms. The predicted octanol–water partition coefficient (Wildman–Crippen LogP) is 4.92. The van der Waals surface area contributed by atoms with E-state index in [1.54, 1.807) is 24.3 Å². The Morgan fingerprint density at radius 3 is 2.44 bits per heavy atom. The molecule has 2 aliphatic rings. The number of nitrogens with zero attached hydrogens (tertiary/aromatic N) is 1.